The molecule has 98 valence electrons. The zero-order valence-electron chi connectivity index (χ0n) is 11.0. The molecule has 4 heteroatoms. The molecular formula is C14H19NO3. The van der Waals surface area contributed by atoms with Gasteiger partial charge in [-0.3, -0.25) is 4.79 Å². The Kier molecular flexibility index (Phi) is 5.36. The van der Waals surface area contributed by atoms with Gasteiger partial charge in [-0.05, 0) is 38.1 Å². The quantitative estimate of drug-likeness (QED) is 0.622. The Balaban J connectivity index is 2.63. The van der Waals surface area contributed by atoms with Crippen molar-refractivity contribution in [2.75, 3.05) is 11.9 Å². The molecule has 0 aliphatic rings. The van der Waals surface area contributed by atoms with E-state index in [2.05, 4.69) is 5.32 Å². The highest BCUT2D eigenvalue weighted by molar-refractivity contribution is 5.96. The number of hydrogen-bond donors (Lipinski definition) is 1. The van der Waals surface area contributed by atoms with Crippen LogP contribution in [0.1, 0.15) is 37.6 Å². The van der Waals surface area contributed by atoms with Crippen LogP contribution < -0.4 is 5.32 Å². The molecule has 0 heterocycles. The molecule has 18 heavy (non-hydrogen) atoms. The second-order valence-corrected chi connectivity index (χ2v) is 3.97. The largest absolute Gasteiger partial charge is 0.464 e. The van der Waals surface area contributed by atoms with E-state index in [-0.39, 0.29) is 11.8 Å². The zero-order valence-corrected chi connectivity index (χ0v) is 11.0. The Bertz CT molecular complexity index is 412. The maximum atomic E-state index is 11.4. The third-order valence-corrected chi connectivity index (χ3v) is 2.55. The van der Waals surface area contributed by atoms with E-state index < -0.39 is 6.04 Å². The summed E-state index contributed by atoms with van der Waals surface area (Å²) in [6.07, 6.45) is 0.492. The molecule has 0 bridgehead atoms. The van der Waals surface area contributed by atoms with Crippen LogP contribution >= 0.6 is 0 Å². The van der Waals surface area contributed by atoms with E-state index in [4.69, 9.17) is 4.74 Å². The number of ketones is 1. The fraction of sp³-hybridized carbons (Fsp3) is 0.429. The number of carbonyl (C=O) groups excluding carboxylic acids is 2. The van der Waals surface area contributed by atoms with Crippen molar-refractivity contribution in [2.24, 2.45) is 0 Å². The van der Waals surface area contributed by atoms with Crippen LogP contribution in [0, 0.1) is 0 Å². The van der Waals surface area contributed by atoms with Crippen LogP contribution in [-0.4, -0.2) is 24.4 Å². The summed E-state index contributed by atoms with van der Waals surface area (Å²) in [5.41, 5.74) is 1.48. The first-order chi connectivity index (χ1) is 8.58. The van der Waals surface area contributed by atoms with Crippen molar-refractivity contribution in [1.82, 2.24) is 0 Å². The molecule has 4 nitrogen and oxygen atoms in total. The molecule has 0 saturated heterocycles. The maximum absolute atomic E-state index is 11.4. The summed E-state index contributed by atoms with van der Waals surface area (Å²) in [5.74, 6) is -0.175. The minimum Gasteiger partial charge on any atom is -0.464 e. The number of benzene rings is 1. The summed E-state index contributed by atoms with van der Waals surface area (Å²) >= 11 is 0. The topological polar surface area (TPSA) is 55.4 Å². The van der Waals surface area contributed by atoms with E-state index >= 15 is 0 Å². The molecule has 1 N–H and O–H groups in total. The predicted molar refractivity (Wildman–Crippen MR) is 70.8 cm³/mol. The molecule has 0 saturated carbocycles. The first kappa shape index (κ1) is 14.2. The minimum absolute atomic E-state index is 0.111. The van der Waals surface area contributed by atoms with E-state index in [1.165, 1.54) is 0 Å². The highest BCUT2D eigenvalue weighted by Crippen LogP contribution is 2.12. The average Bonchev–Trinajstić information content (AvgIpc) is 2.39. The monoisotopic (exact) mass is 249 g/mol. The molecule has 1 aromatic rings. The highest BCUT2D eigenvalue weighted by Gasteiger charge is 2.13. The van der Waals surface area contributed by atoms with Gasteiger partial charge in [0.1, 0.15) is 6.04 Å². The number of rotatable bonds is 6. The summed E-state index contributed by atoms with van der Waals surface area (Å²) in [5, 5.41) is 3.02. The SMILES string of the molecule is CCOC(=O)C(C)Nc1ccc(C(=O)CC)cc1. The molecule has 1 unspecified atom stereocenters. The maximum Gasteiger partial charge on any atom is 0.328 e. The van der Waals surface area contributed by atoms with Gasteiger partial charge in [-0.25, -0.2) is 4.79 Å². The van der Waals surface area contributed by atoms with E-state index in [1.807, 2.05) is 6.92 Å². The molecule has 0 fully saturated rings. The lowest BCUT2D eigenvalue weighted by Gasteiger charge is -2.13. The molecule has 1 rings (SSSR count). The Morgan fingerprint density at radius 2 is 1.83 bits per heavy atom. The third-order valence-electron chi connectivity index (χ3n) is 2.55. The second-order valence-electron chi connectivity index (χ2n) is 3.97. The lowest BCUT2D eigenvalue weighted by Crippen LogP contribution is -2.28. The Morgan fingerprint density at radius 3 is 2.33 bits per heavy atom. The number of Topliss-reactive ketones (excluding diaryl/α,β-unsaturated/α-hetero) is 1. The molecule has 0 radical (unpaired) electrons. The van der Waals surface area contributed by atoms with E-state index in [0.717, 1.165) is 5.69 Å². The Morgan fingerprint density at radius 1 is 1.22 bits per heavy atom. The minimum atomic E-state index is -0.405. The Labute approximate surface area is 107 Å². The fourth-order valence-electron chi connectivity index (χ4n) is 1.53. The molecule has 0 spiro atoms. The van der Waals surface area contributed by atoms with Gasteiger partial charge in [-0.15, -0.1) is 0 Å². The van der Waals surface area contributed by atoms with E-state index in [0.29, 0.717) is 18.6 Å². The fourth-order valence-corrected chi connectivity index (χ4v) is 1.53. The zero-order chi connectivity index (χ0) is 13.5. The van der Waals surface area contributed by atoms with Gasteiger partial charge < -0.3 is 10.1 Å². The molecule has 0 aliphatic carbocycles. The van der Waals surface area contributed by atoms with Crippen molar-refractivity contribution in [3.05, 3.63) is 29.8 Å². The van der Waals surface area contributed by atoms with Gasteiger partial charge in [0.05, 0.1) is 6.61 Å². The number of ether oxygens (including phenoxy) is 1. The summed E-state index contributed by atoms with van der Waals surface area (Å²) in [6, 6.07) is 6.69. The van der Waals surface area contributed by atoms with Gasteiger partial charge in [0.2, 0.25) is 0 Å². The van der Waals surface area contributed by atoms with Gasteiger partial charge in [-0.2, -0.15) is 0 Å². The van der Waals surface area contributed by atoms with Crippen molar-refractivity contribution >= 4 is 17.4 Å². The van der Waals surface area contributed by atoms with Gasteiger partial charge in [0.15, 0.2) is 5.78 Å². The molecular weight excluding hydrogens is 230 g/mol. The number of anilines is 1. The number of esters is 1. The van der Waals surface area contributed by atoms with Crippen molar-refractivity contribution in [3.63, 3.8) is 0 Å². The Hall–Kier alpha value is -1.84. The first-order valence-electron chi connectivity index (χ1n) is 6.14. The van der Waals surface area contributed by atoms with Crippen molar-refractivity contribution < 1.29 is 14.3 Å². The standard InChI is InChI=1S/C14H19NO3/c1-4-13(16)11-6-8-12(9-7-11)15-10(3)14(17)18-5-2/h6-10,15H,4-5H2,1-3H3. The third kappa shape index (κ3) is 3.87. The summed E-state index contributed by atoms with van der Waals surface area (Å²) in [6.45, 7) is 5.71. The van der Waals surface area contributed by atoms with Gasteiger partial charge in [-0.1, -0.05) is 6.92 Å². The van der Waals surface area contributed by atoms with E-state index in [9.17, 15) is 9.59 Å². The highest BCUT2D eigenvalue weighted by atomic mass is 16.5. The summed E-state index contributed by atoms with van der Waals surface area (Å²) in [7, 11) is 0. The molecule has 0 aromatic heterocycles. The molecule has 1 aromatic carbocycles. The summed E-state index contributed by atoms with van der Waals surface area (Å²) < 4.78 is 4.90. The summed E-state index contributed by atoms with van der Waals surface area (Å²) in [4.78, 5) is 22.9. The lowest BCUT2D eigenvalue weighted by atomic mass is 10.1. The van der Waals surface area contributed by atoms with Crippen LogP contribution in [0.15, 0.2) is 24.3 Å². The van der Waals surface area contributed by atoms with Crippen LogP contribution in [0.25, 0.3) is 0 Å². The molecule has 0 amide bonds. The predicted octanol–water partition coefficient (Wildman–Crippen LogP) is 2.64. The first-order valence-corrected chi connectivity index (χ1v) is 6.14. The number of carbonyl (C=O) groups is 2. The van der Waals surface area contributed by atoms with Crippen LogP contribution in [0.3, 0.4) is 0 Å². The van der Waals surface area contributed by atoms with E-state index in [1.54, 1.807) is 38.1 Å². The van der Waals surface area contributed by atoms with Crippen molar-refractivity contribution in [2.45, 2.75) is 33.2 Å². The normalized spacial score (nSPS) is 11.7. The molecule has 1 atom stereocenters. The van der Waals surface area contributed by atoms with Crippen molar-refractivity contribution in [3.8, 4) is 0 Å². The van der Waals surface area contributed by atoms with Gasteiger partial charge in [0, 0.05) is 17.7 Å². The van der Waals surface area contributed by atoms with Crippen LogP contribution in [-0.2, 0) is 9.53 Å². The number of hydrogen-bond acceptors (Lipinski definition) is 4. The average molecular weight is 249 g/mol. The smallest absolute Gasteiger partial charge is 0.328 e. The van der Waals surface area contributed by atoms with Gasteiger partial charge >= 0.3 is 5.97 Å². The van der Waals surface area contributed by atoms with Gasteiger partial charge in [0.25, 0.3) is 0 Å². The van der Waals surface area contributed by atoms with Crippen LogP contribution in [0.5, 0.6) is 0 Å². The van der Waals surface area contributed by atoms with Crippen LogP contribution in [0.4, 0.5) is 5.69 Å². The second kappa shape index (κ2) is 6.79. The lowest BCUT2D eigenvalue weighted by molar-refractivity contribution is -0.143. The van der Waals surface area contributed by atoms with Crippen molar-refractivity contribution in [1.29, 1.82) is 0 Å². The van der Waals surface area contributed by atoms with Crippen LogP contribution in [0.2, 0.25) is 0 Å². The number of nitrogens with one attached hydrogen (secondary N) is 1. The molecule has 0 aliphatic heterocycles.